The summed E-state index contributed by atoms with van der Waals surface area (Å²) >= 11 is 0. The predicted octanol–water partition coefficient (Wildman–Crippen LogP) is 13.2. The minimum Gasteiger partial charge on any atom is -0.310 e. The molecule has 0 bridgehead atoms. The first-order valence-corrected chi connectivity index (χ1v) is 17.5. The van der Waals surface area contributed by atoms with E-state index in [0.717, 1.165) is 17.1 Å². The summed E-state index contributed by atoms with van der Waals surface area (Å²) < 4.78 is 2.43. The molecule has 0 radical (unpaired) electrons. The van der Waals surface area contributed by atoms with E-state index in [1.165, 1.54) is 49.7 Å². The summed E-state index contributed by atoms with van der Waals surface area (Å²) in [5, 5.41) is 2.49. The molecule has 0 spiro atoms. The molecular weight excluding hydrogens is 593 g/mol. The first-order chi connectivity index (χ1) is 23.3. The summed E-state index contributed by atoms with van der Waals surface area (Å²) in [5.41, 5.74) is 12.3. The Morgan fingerprint density at radius 3 is 1.49 bits per heavy atom. The number of benzene rings is 6. The van der Waals surface area contributed by atoms with Gasteiger partial charge in [-0.2, -0.15) is 0 Å². The summed E-state index contributed by atoms with van der Waals surface area (Å²) in [7, 11) is 0. The van der Waals surface area contributed by atoms with E-state index in [0.29, 0.717) is 0 Å². The molecule has 0 amide bonds. The lowest BCUT2D eigenvalue weighted by Gasteiger charge is -2.28. The number of aromatic nitrogens is 1. The lowest BCUT2D eigenvalue weighted by atomic mass is 9.78. The molecular formula is C47H48N2. The molecule has 1 aromatic heterocycles. The van der Waals surface area contributed by atoms with Crippen molar-refractivity contribution in [2.75, 3.05) is 4.90 Å². The van der Waals surface area contributed by atoms with E-state index in [9.17, 15) is 0 Å². The van der Waals surface area contributed by atoms with Gasteiger partial charge in [-0.3, -0.25) is 0 Å². The van der Waals surface area contributed by atoms with Crippen LogP contribution in [-0.2, 0) is 16.2 Å². The smallest absolute Gasteiger partial charge is 0.0542 e. The summed E-state index contributed by atoms with van der Waals surface area (Å²) in [5.74, 6) is 0. The highest BCUT2D eigenvalue weighted by molar-refractivity contribution is 6.10. The van der Waals surface area contributed by atoms with Crippen molar-refractivity contribution >= 4 is 38.9 Å². The largest absolute Gasteiger partial charge is 0.310 e. The lowest BCUT2D eigenvalue weighted by molar-refractivity contribution is 0.590. The van der Waals surface area contributed by atoms with Crippen LogP contribution in [0.2, 0.25) is 0 Å². The van der Waals surface area contributed by atoms with Gasteiger partial charge in [0.15, 0.2) is 0 Å². The Morgan fingerprint density at radius 2 is 0.898 bits per heavy atom. The highest BCUT2D eigenvalue weighted by Crippen LogP contribution is 2.41. The molecule has 0 N–H and O–H groups in total. The molecule has 0 aliphatic rings. The molecule has 246 valence electrons. The van der Waals surface area contributed by atoms with Crippen molar-refractivity contribution in [1.29, 1.82) is 0 Å². The monoisotopic (exact) mass is 640 g/mol. The zero-order valence-corrected chi connectivity index (χ0v) is 30.3. The molecule has 0 unspecified atom stereocenters. The van der Waals surface area contributed by atoms with Gasteiger partial charge in [0, 0.05) is 38.9 Å². The summed E-state index contributed by atoms with van der Waals surface area (Å²) in [6.45, 7) is 18.3. The predicted molar refractivity (Wildman–Crippen MR) is 211 cm³/mol. The fourth-order valence-corrected chi connectivity index (χ4v) is 7.10. The Morgan fingerprint density at radius 1 is 0.388 bits per heavy atom. The third-order valence-corrected chi connectivity index (χ3v) is 10.2. The topological polar surface area (TPSA) is 8.17 Å². The van der Waals surface area contributed by atoms with Crippen LogP contribution < -0.4 is 4.90 Å². The maximum Gasteiger partial charge on any atom is 0.0542 e. The van der Waals surface area contributed by atoms with Crippen molar-refractivity contribution in [3.63, 3.8) is 0 Å². The molecule has 7 rings (SSSR count). The number of hydrogen-bond donors (Lipinski definition) is 0. The van der Waals surface area contributed by atoms with E-state index in [1.807, 2.05) is 0 Å². The maximum absolute atomic E-state index is 2.43. The highest BCUT2D eigenvalue weighted by atomic mass is 15.1. The van der Waals surface area contributed by atoms with Crippen LogP contribution in [0.15, 0.2) is 146 Å². The second-order valence-electron chi connectivity index (χ2n) is 16.0. The second-order valence-corrected chi connectivity index (χ2v) is 16.0. The number of para-hydroxylation sites is 1. The van der Waals surface area contributed by atoms with Crippen LogP contribution in [0, 0.1) is 0 Å². The highest BCUT2D eigenvalue weighted by Gasteiger charge is 2.24. The van der Waals surface area contributed by atoms with Crippen molar-refractivity contribution in [3.8, 4) is 5.69 Å². The number of anilines is 3. The molecule has 0 atom stereocenters. The van der Waals surface area contributed by atoms with E-state index in [1.54, 1.807) is 0 Å². The Hall–Kier alpha value is -5.08. The van der Waals surface area contributed by atoms with Crippen LogP contribution in [0.3, 0.4) is 0 Å². The molecule has 0 saturated heterocycles. The SMILES string of the molecule is CC(C)(C)c1ccc(N(c2ccc(C(C)(C)C)cc2)c2ccc3c(c2)c2ccccc2n3-c2cccc(C(C)(C)c3ccccc3)c2)cc1. The zero-order chi connectivity index (χ0) is 34.6. The van der Waals surface area contributed by atoms with E-state index in [4.69, 9.17) is 0 Å². The van der Waals surface area contributed by atoms with E-state index in [-0.39, 0.29) is 16.2 Å². The van der Waals surface area contributed by atoms with Gasteiger partial charge in [-0.25, -0.2) is 0 Å². The van der Waals surface area contributed by atoms with Crippen LogP contribution in [0.4, 0.5) is 17.1 Å². The molecule has 0 aliphatic carbocycles. The second kappa shape index (κ2) is 12.1. The molecule has 0 aliphatic heterocycles. The van der Waals surface area contributed by atoms with Gasteiger partial charge < -0.3 is 9.47 Å². The Labute approximate surface area is 292 Å². The average molecular weight is 641 g/mol. The van der Waals surface area contributed by atoms with Gasteiger partial charge in [-0.15, -0.1) is 0 Å². The summed E-state index contributed by atoms with van der Waals surface area (Å²) in [6, 6.07) is 53.8. The van der Waals surface area contributed by atoms with Gasteiger partial charge >= 0.3 is 0 Å². The van der Waals surface area contributed by atoms with Crippen LogP contribution >= 0.6 is 0 Å². The number of rotatable bonds is 6. The Kier molecular flexibility index (Phi) is 8.02. The first kappa shape index (κ1) is 32.5. The quantitative estimate of drug-likeness (QED) is 0.176. The third-order valence-electron chi connectivity index (χ3n) is 10.2. The van der Waals surface area contributed by atoms with Crippen molar-refractivity contribution < 1.29 is 0 Å². The maximum atomic E-state index is 2.43. The summed E-state index contributed by atoms with van der Waals surface area (Å²) in [6.07, 6.45) is 0. The van der Waals surface area contributed by atoms with Gasteiger partial charge in [0.1, 0.15) is 0 Å². The lowest BCUT2D eigenvalue weighted by Crippen LogP contribution is -2.19. The standard InChI is InChI=1S/C47H48N2/c1-45(2,3)33-21-25-37(26-22-33)48(38-27-23-34(24-28-38)46(4,5)6)40-29-30-44-42(32-40)41-19-12-13-20-43(41)49(44)39-18-14-17-36(31-39)47(7,8)35-15-10-9-11-16-35/h9-32H,1-8H3. The van der Waals surface area contributed by atoms with E-state index in [2.05, 4.69) is 210 Å². The van der Waals surface area contributed by atoms with Crippen LogP contribution in [0.5, 0.6) is 0 Å². The minimum absolute atomic E-state index is 0.0894. The number of hydrogen-bond acceptors (Lipinski definition) is 1. The molecule has 2 heteroatoms. The molecule has 7 aromatic rings. The Bertz CT molecular complexity index is 2180. The van der Waals surface area contributed by atoms with Gasteiger partial charge in [-0.1, -0.05) is 140 Å². The van der Waals surface area contributed by atoms with Gasteiger partial charge in [0.25, 0.3) is 0 Å². The van der Waals surface area contributed by atoms with Crippen molar-refractivity contribution in [2.45, 2.75) is 71.6 Å². The fourth-order valence-electron chi connectivity index (χ4n) is 7.10. The normalized spacial score (nSPS) is 12.5. The summed E-state index contributed by atoms with van der Waals surface area (Å²) in [4.78, 5) is 2.40. The van der Waals surface area contributed by atoms with Gasteiger partial charge in [0.2, 0.25) is 0 Å². The molecule has 0 fully saturated rings. The molecule has 1 heterocycles. The Balaban J connectivity index is 1.39. The number of nitrogens with zero attached hydrogens (tertiary/aromatic N) is 2. The average Bonchev–Trinajstić information content (AvgIpc) is 3.42. The molecule has 0 saturated carbocycles. The molecule has 2 nitrogen and oxygen atoms in total. The van der Waals surface area contributed by atoms with Crippen molar-refractivity contribution in [3.05, 3.63) is 168 Å². The first-order valence-electron chi connectivity index (χ1n) is 17.5. The van der Waals surface area contributed by atoms with Gasteiger partial charge in [-0.05, 0) is 93.7 Å². The third kappa shape index (κ3) is 6.06. The van der Waals surface area contributed by atoms with Crippen LogP contribution in [0.25, 0.3) is 27.5 Å². The van der Waals surface area contributed by atoms with Crippen molar-refractivity contribution in [2.24, 2.45) is 0 Å². The number of fused-ring (bicyclic) bond motifs is 3. The molecule has 6 aromatic carbocycles. The molecule has 49 heavy (non-hydrogen) atoms. The van der Waals surface area contributed by atoms with Gasteiger partial charge in [0.05, 0.1) is 11.0 Å². The minimum atomic E-state index is -0.130. The fraction of sp³-hybridized carbons (Fsp3) is 0.234. The van der Waals surface area contributed by atoms with E-state index < -0.39 is 0 Å². The van der Waals surface area contributed by atoms with Crippen molar-refractivity contribution in [1.82, 2.24) is 4.57 Å². The van der Waals surface area contributed by atoms with E-state index >= 15 is 0 Å². The zero-order valence-electron chi connectivity index (χ0n) is 30.3. The van der Waals surface area contributed by atoms with Crippen LogP contribution in [-0.4, -0.2) is 4.57 Å². The van der Waals surface area contributed by atoms with Crippen LogP contribution in [0.1, 0.15) is 77.6 Å².